The first-order valence-electron chi connectivity index (χ1n) is 7.83. The van der Waals surface area contributed by atoms with Gasteiger partial charge in [0.2, 0.25) is 11.8 Å². The van der Waals surface area contributed by atoms with Crippen molar-refractivity contribution in [3.63, 3.8) is 0 Å². The zero-order valence-electron chi connectivity index (χ0n) is 14.5. The first kappa shape index (κ1) is 16.0. The van der Waals surface area contributed by atoms with Gasteiger partial charge in [-0.2, -0.15) is 4.98 Å². The van der Waals surface area contributed by atoms with Gasteiger partial charge in [0, 0.05) is 36.2 Å². The minimum absolute atomic E-state index is 0.383. The van der Waals surface area contributed by atoms with Crippen molar-refractivity contribution in [2.45, 2.75) is 27.7 Å². The van der Waals surface area contributed by atoms with E-state index in [2.05, 4.69) is 25.1 Å². The zero-order chi connectivity index (χ0) is 17.3. The topological polar surface area (TPSA) is 80.8 Å². The van der Waals surface area contributed by atoms with E-state index in [0.717, 1.165) is 29.2 Å². The number of aromatic nitrogens is 5. The quantitative estimate of drug-likeness (QED) is 0.729. The predicted molar refractivity (Wildman–Crippen MR) is 91.7 cm³/mol. The van der Waals surface area contributed by atoms with Crippen LogP contribution in [0.5, 0.6) is 0 Å². The molecule has 0 N–H and O–H groups in total. The lowest BCUT2D eigenvalue weighted by atomic mass is 10.2. The van der Waals surface area contributed by atoms with Crippen molar-refractivity contribution in [1.29, 1.82) is 0 Å². The monoisotopic (exact) mass is 324 g/mol. The highest BCUT2D eigenvalue weighted by molar-refractivity contribution is 5.59. The van der Waals surface area contributed by atoms with E-state index in [-0.39, 0.29) is 0 Å². The third kappa shape index (κ3) is 3.24. The molecule has 0 aliphatic rings. The van der Waals surface area contributed by atoms with E-state index in [1.807, 2.05) is 57.8 Å². The normalized spacial score (nSPS) is 10.9. The van der Waals surface area contributed by atoms with E-state index < -0.39 is 0 Å². The van der Waals surface area contributed by atoms with Gasteiger partial charge in [0.1, 0.15) is 5.69 Å². The molecule has 0 aliphatic heterocycles. The molecule has 24 heavy (non-hydrogen) atoms. The third-order valence-corrected chi connectivity index (χ3v) is 3.64. The second-order valence-corrected chi connectivity index (χ2v) is 5.77. The summed E-state index contributed by atoms with van der Waals surface area (Å²) in [7, 11) is 1.94. The van der Waals surface area contributed by atoms with Gasteiger partial charge in [-0.1, -0.05) is 5.16 Å². The van der Waals surface area contributed by atoms with Gasteiger partial charge in [-0.15, -0.1) is 0 Å². The Labute approximate surface area is 140 Å². The molecule has 3 rings (SSSR count). The van der Waals surface area contributed by atoms with Gasteiger partial charge in [-0.05, 0) is 45.9 Å². The summed E-state index contributed by atoms with van der Waals surface area (Å²) in [6.45, 7) is 8.67. The van der Waals surface area contributed by atoms with E-state index >= 15 is 0 Å². The van der Waals surface area contributed by atoms with Crippen molar-refractivity contribution >= 4 is 5.95 Å². The SMILES string of the molecule is CCN(C)c1nc(C)cc(-c2nc(-c3cc(C)nc(C)c3)no2)n1. The van der Waals surface area contributed by atoms with Crippen LogP contribution >= 0.6 is 0 Å². The zero-order valence-corrected chi connectivity index (χ0v) is 14.5. The van der Waals surface area contributed by atoms with Gasteiger partial charge >= 0.3 is 0 Å². The molecule has 3 aromatic heterocycles. The summed E-state index contributed by atoms with van der Waals surface area (Å²) in [5, 5.41) is 4.08. The van der Waals surface area contributed by atoms with Crippen LogP contribution in [0.25, 0.3) is 23.0 Å². The molecule has 0 saturated heterocycles. The van der Waals surface area contributed by atoms with Gasteiger partial charge in [-0.25, -0.2) is 9.97 Å². The molecule has 0 bridgehead atoms. The Kier molecular flexibility index (Phi) is 4.24. The van der Waals surface area contributed by atoms with Crippen LogP contribution in [0.1, 0.15) is 24.0 Å². The van der Waals surface area contributed by atoms with Crippen LogP contribution in [0.4, 0.5) is 5.95 Å². The molecular formula is C17H20N6O. The standard InChI is InChI=1S/C17H20N6O/c1-6-23(5)17-19-12(4)9-14(20-17)16-21-15(22-24-16)13-7-10(2)18-11(3)8-13/h7-9H,6H2,1-5H3. The summed E-state index contributed by atoms with van der Waals surface area (Å²) in [5.74, 6) is 1.55. The molecule has 124 valence electrons. The second-order valence-electron chi connectivity index (χ2n) is 5.77. The van der Waals surface area contributed by atoms with Gasteiger partial charge < -0.3 is 9.42 Å². The average molecular weight is 324 g/mol. The Bertz CT molecular complexity index is 853. The third-order valence-electron chi connectivity index (χ3n) is 3.64. The Morgan fingerprint density at radius 1 is 0.917 bits per heavy atom. The maximum atomic E-state index is 5.42. The van der Waals surface area contributed by atoms with Crippen LogP contribution in [0, 0.1) is 20.8 Å². The molecule has 0 spiro atoms. The Morgan fingerprint density at radius 3 is 2.25 bits per heavy atom. The largest absolute Gasteiger partial charge is 0.344 e. The van der Waals surface area contributed by atoms with Crippen molar-refractivity contribution in [1.82, 2.24) is 25.1 Å². The van der Waals surface area contributed by atoms with Crippen LogP contribution in [-0.4, -0.2) is 38.7 Å². The molecule has 0 radical (unpaired) electrons. The molecule has 0 saturated carbocycles. The van der Waals surface area contributed by atoms with E-state index in [9.17, 15) is 0 Å². The molecule has 0 amide bonds. The number of pyridine rings is 1. The molecule has 3 aromatic rings. The fourth-order valence-corrected chi connectivity index (χ4v) is 2.38. The summed E-state index contributed by atoms with van der Waals surface area (Å²) in [4.78, 5) is 19.8. The van der Waals surface area contributed by atoms with Crippen LogP contribution in [-0.2, 0) is 0 Å². The highest BCUT2D eigenvalue weighted by Gasteiger charge is 2.15. The molecule has 7 heteroatoms. The molecule has 0 fully saturated rings. The molecule has 0 atom stereocenters. The number of anilines is 1. The van der Waals surface area contributed by atoms with E-state index in [4.69, 9.17) is 4.52 Å². The van der Waals surface area contributed by atoms with Crippen molar-refractivity contribution in [3.05, 3.63) is 35.3 Å². The summed E-state index contributed by atoms with van der Waals surface area (Å²) in [6.07, 6.45) is 0. The smallest absolute Gasteiger partial charge is 0.277 e. The highest BCUT2D eigenvalue weighted by atomic mass is 16.5. The van der Waals surface area contributed by atoms with Gasteiger partial charge in [0.15, 0.2) is 0 Å². The lowest BCUT2D eigenvalue weighted by Gasteiger charge is -2.14. The molecule has 0 unspecified atom stereocenters. The number of rotatable bonds is 4. The van der Waals surface area contributed by atoms with Gasteiger partial charge in [-0.3, -0.25) is 4.98 Å². The molecular weight excluding hydrogens is 304 g/mol. The average Bonchev–Trinajstić information content (AvgIpc) is 3.02. The van der Waals surface area contributed by atoms with Crippen LogP contribution < -0.4 is 4.90 Å². The number of nitrogens with zero attached hydrogens (tertiary/aromatic N) is 6. The lowest BCUT2D eigenvalue weighted by Crippen LogP contribution is -2.19. The van der Waals surface area contributed by atoms with Gasteiger partial charge in [0.25, 0.3) is 5.89 Å². The second kappa shape index (κ2) is 6.35. The summed E-state index contributed by atoms with van der Waals surface area (Å²) < 4.78 is 5.42. The Balaban J connectivity index is 2.00. The Morgan fingerprint density at radius 2 is 1.58 bits per heavy atom. The Hall–Kier alpha value is -2.83. The number of hydrogen-bond donors (Lipinski definition) is 0. The van der Waals surface area contributed by atoms with E-state index in [0.29, 0.717) is 23.4 Å². The first-order chi connectivity index (χ1) is 11.5. The first-order valence-corrected chi connectivity index (χ1v) is 7.83. The number of hydrogen-bond acceptors (Lipinski definition) is 7. The summed E-state index contributed by atoms with van der Waals surface area (Å²) >= 11 is 0. The predicted octanol–water partition coefficient (Wildman–Crippen LogP) is 2.97. The van der Waals surface area contributed by atoms with Gasteiger partial charge in [0.05, 0.1) is 0 Å². The maximum Gasteiger partial charge on any atom is 0.277 e. The summed E-state index contributed by atoms with van der Waals surface area (Å²) in [5.41, 5.74) is 4.19. The molecule has 3 heterocycles. The molecule has 7 nitrogen and oxygen atoms in total. The van der Waals surface area contributed by atoms with Crippen molar-refractivity contribution < 1.29 is 4.52 Å². The maximum absolute atomic E-state index is 5.42. The lowest BCUT2D eigenvalue weighted by molar-refractivity contribution is 0.431. The highest BCUT2D eigenvalue weighted by Crippen LogP contribution is 2.23. The summed E-state index contributed by atoms with van der Waals surface area (Å²) in [6, 6.07) is 5.71. The minimum atomic E-state index is 0.383. The van der Waals surface area contributed by atoms with E-state index in [1.54, 1.807) is 0 Å². The minimum Gasteiger partial charge on any atom is -0.344 e. The van der Waals surface area contributed by atoms with Crippen molar-refractivity contribution in [2.24, 2.45) is 0 Å². The fraction of sp³-hybridized carbons (Fsp3) is 0.353. The van der Waals surface area contributed by atoms with Crippen LogP contribution in [0.2, 0.25) is 0 Å². The van der Waals surface area contributed by atoms with E-state index in [1.165, 1.54) is 0 Å². The number of aryl methyl sites for hydroxylation is 3. The van der Waals surface area contributed by atoms with Crippen molar-refractivity contribution in [2.75, 3.05) is 18.5 Å². The van der Waals surface area contributed by atoms with Crippen molar-refractivity contribution in [3.8, 4) is 23.0 Å². The molecule has 0 aromatic carbocycles. The fourth-order valence-electron chi connectivity index (χ4n) is 2.38. The molecule has 0 aliphatic carbocycles. The van der Waals surface area contributed by atoms with Crippen LogP contribution in [0.15, 0.2) is 22.7 Å². The van der Waals surface area contributed by atoms with Crippen LogP contribution in [0.3, 0.4) is 0 Å².